The van der Waals surface area contributed by atoms with Crippen LogP contribution in [0.1, 0.15) is 12.0 Å². The summed E-state index contributed by atoms with van der Waals surface area (Å²) in [5.74, 6) is 0.659. The fraction of sp³-hybridized carbons (Fsp3) is 0.385. The molecule has 3 nitrogen and oxygen atoms in total. The lowest BCUT2D eigenvalue weighted by molar-refractivity contribution is -0.123. The molecule has 0 saturated carbocycles. The molecule has 1 aliphatic rings. The molecule has 4 heteroatoms. The maximum Gasteiger partial charge on any atom is 0.233 e. The quantitative estimate of drug-likeness (QED) is 0.878. The van der Waals surface area contributed by atoms with Gasteiger partial charge in [-0.25, -0.2) is 0 Å². The highest BCUT2D eigenvalue weighted by molar-refractivity contribution is 8.01. The Labute approximate surface area is 105 Å². The number of thioether (sulfide) groups is 1. The van der Waals surface area contributed by atoms with Crippen LogP contribution in [0, 0.1) is 0 Å². The first kappa shape index (κ1) is 12.2. The predicted molar refractivity (Wildman–Crippen MR) is 69.0 cm³/mol. The first-order valence-electron chi connectivity index (χ1n) is 5.70. The van der Waals surface area contributed by atoms with E-state index in [4.69, 9.17) is 0 Å². The van der Waals surface area contributed by atoms with E-state index < -0.39 is 0 Å². The van der Waals surface area contributed by atoms with Gasteiger partial charge in [0.1, 0.15) is 5.78 Å². The molecule has 1 aromatic rings. The monoisotopic (exact) mass is 249 g/mol. The van der Waals surface area contributed by atoms with Crippen molar-refractivity contribution in [2.24, 2.45) is 0 Å². The van der Waals surface area contributed by atoms with Crippen LogP contribution in [-0.2, 0) is 16.0 Å². The van der Waals surface area contributed by atoms with Crippen LogP contribution in [0.5, 0.6) is 0 Å². The summed E-state index contributed by atoms with van der Waals surface area (Å²) in [5.41, 5.74) is 1.21. The van der Waals surface area contributed by atoms with Crippen molar-refractivity contribution in [2.75, 3.05) is 12.3 Å². The SMILES string of the molecule is O=C1CSC(C(=O)NCCc2ccccc2)C1. The van der Waals surface area contributed by atoms with E-state index in [-0.39, 0.29) is 16.9 Å². The molecular weight excluding hydrogens is 234 g/mol. The molecule has 1 aliphatic heterocycles. The Kier molecular flexibility index (Phi) is 4.20. The van der Waals surface area contributed by atoms with Gasteiger partial charge in [0.2, 0.25) is 5.91 Å². The minimum Gasteiger partial charge on any atom is -0.355 e. The Bertz CT molecular complexity index is 405. The molecule has 1 unspecified atom stereocenters. The molecule has 0 spiro atoms. The third kappa shape index (κ3) is 3.60. The van der Waals surface area contributed by atoms with E-state index in [9.17, 15) is 9.59 Å². The number of benzene rings is 1. The van der Waals surface area contributed by atoms with Crippen LogP contribution in [-0.4, -0.2) is 29.2 Å². The number of nitrogens with one attached hydrogen (secondary N) is 1. The van der Waals surface area contributed by atoms with Gasteiger partial charge >= 0.3 is 0 Å². The molecule has 1 fully saturated rings. The topological polar surface area (TPSA) is 46.2 Å². The smallest absolute Gasteiger partial charge is 0.233 e. The van der Waals surface area contributed by atoms with E-state index in [0.29, 0.717) is 18.7 Å². The molecule has 2 rings (SSSR count). The van der Waals surface area contributed by atoms with Gasteiger partial charge in [-0.05, 0) is 12.0 Å². The van der Waals surface area contributed by atoms with Crippen molar-refractivity contribution in [3.63, 3.8) is 0 Å². The van der Waals surface area contributed by atoms with E-state index in [1.807, 2.05) is 30.3 Å². The van der Waals surface area contributed by atoms with E-state index >= 15 is 0 Å². The van der Waals surface area contributed by atoms with Crippen molar-refractivity contribution in [1.29, 1.82) is 0 Å². The number of amides is 1. The van der Waals surface area contributed by atoms with Gasteiger partial charge in [0, 0.05) is 13.0 Å². The molecule has 90 valence electrons. The van der Waals surface area contributed by atoms with Crippen LogP contribution in [0.25, 0.3) is 0 Å². The average molecular weight is 249 g/mol. The molecule has 0 radical (unpaired) electrons. The summed E-state index contributed by atoms with van der Waals surface area (Å²) < 4.78 is 0. The first-order chi connectivity index (χ1) is 8.25. The molecule has 17 heavy (non-hydrogen) atoms. The summed E-state index contributed by atoms with van der Waals surface area (Å²) in [6.07, 6.45) is 1.22. The van der Waals surface area contributed by atoms with Crippen LogP contribution in [0.3, 0.4) is 0 Å². The summed E-state index contributed by atoms with van der Waals surface area (Å²) in [4.78, 5) is 22.7. The van der Waals surface area contributed by atoms with E-state index in [1.165, 1.54) is 17.3 Å². The third-order valence-electron chi connectivity index (χ3n) is 2.71. The van der Waals surface area contributed by atoms with E-state index in [0.717, 1.165) is 6.42 Å². The zero-order chi connectivity index (χ0) is 12.1. The highest BCUT2D eigenvalue weighted by Crippen LogP contribution is 2.23. The first-order valence-corrected chi connectivity index (χ1v) is 6.75. The van der Waals surface area contributed by atoms with Gasteiger partial charge in [0.15, 0.2) is 0 Å². The van der Waals surface area contributed by atoms with Crippen LogP contribution in [0.4, 0.5) is 0 Å². The van der Waals surface area contributed by atoms with Crippen molar-refractivity contribution in [2.45, 2.75) is 18.1 Å². The Morgan fingerprint density at radius 3 is 2.76 bits per heavy atom. The molecular formula is C13H15NO2S. The molecule has 1 aromatic carbocycles. The summed E-state index contributed by atoms with van der Waals surface area (Å²) in [6, 6.07) is 10.0. The van der Waals surface area contributed by atoms with Gasteiger partial charge in [-0.3, -0.25) is 9.59 Å². The molecule has 1 heterocycles. The lowest BCUT2D eigenvalue weighted by atomic mass is 10.1. The second-order valence-corrected chi connectivity index (χ2v) is 5.26. The van der Waals surface area contributed by atoms with E-state index in [2.05, 4.69) is 5.32 Å². The number of rotatable bonds is 4. The summed E-state index contributed by atoms with van der Waals surface area (Å²) in [7, 11) is 0. The van der Waals surface area contributed by atoms with Gasteiger partial charge < -0.3 is 5.32 Å². The number of hydrogen-bond acceptors (Lipinski definition) is 3. The summed E-state index contributed by atoms with van der Waals surface area (Å²) in [5, 5.41) is 2.71. The molecule has 1 atom stereocenters. The third-order valence-corrected chi connectivity index (χ3v) is 3.98. The minimum absolute atomic E-state index is 0.00298. The highest BCUT2D eigenvalue weighted by Gasteiger charge is 2.28. The van der Waals surface area contributed by atoms with Crippen LogP contribution < -0.4 is 5.32 Å². The normalized spacial score (nSPS) is 19.3. The number of Topliss-reactive ketones (excluding diaryl/α,β-unsaturated/α-hetero) is 1. The molecule has 0 aromatic heterocycles. The predicted octanol–water partition coefficient (Wildman–Crippen LogP) is 1.42. The fourth-order valence-electron chi connectivity index (χ4n) is 1.78. The zero-order valence-electron chi connectivity index (χ0n) is 9.52. The van der Waals surface area contributed by atoms with Crippen LogP contribution >= 0.6 is 11.8 Å². The highest BCUT2D eigenvalue weighted by atomic mass is 32.2. The fourth-order valence-corrected chi connectivity index (χ4v) is 2.82. The Morgan fingerprint density at radius 2 is 2.12 bits per heavy atom. The van der Waals surface area contributed by atoms with Crippen molar-refractivity contribution >= 4 is 23.5 Å². The minimum atomic E-state index is -0.168. The van der Waals surface area contributed by atoms with Gasteiger partial charge in [0.25, 0.3) is 0 Å². The molecule has 1 amide bonds. The summed E-state index contributed by atoms with van der Waals surface area (Å²) in [6.45, 7) is 0.633. The van der Waals surface area contributed by atoms with Gasteiger partial charge in [-0.1, -0.05) is 30.3 Å². The largest absolute Gasteiger partial charge is 0.355 e. The van der Waals surface area contributed by atoms with Crippen molar-refractivity contribution in [3.8, 4) is 0 Å². The number of carbonyl (C=O) groups excluding carboxylic acids is 2. The molecule has 0 bridgehead atoms. The maximum atomic E-state index is 11.7. The van der Waals surface area contributed by atoms with Gasteiger partial charge in [-0.2, -0.15) is 0 Å². The Hall–Kier alpha value is -1.29. The van der Waals surface area contributed by atoms with E-state index in [1.54, 1.807) is 0 Å². The number of hydrogen-bond donors (Lipinski definition) is 1. The van der Waals surface area contributed by atoms with Crippen molar-refractivity contribution < 1.29 is 9.59 Å². The standard InChI is InChI=1S/C13H15NO2S/c15-11-8-12(17-9-11)13(16)14-7-6-10-4-2-1-3-5-10/h1-5,12H,6-9H2,(H,14,16). The molecule has 1 saturated heterocycles. The van der Waals surface area contributed by atoms with Crippen LogP contribution in [0.2, 0.25) is 0 Å². The van der Waals surface area contributed by atoms with Gasteiger partial charge in [0.05, 0.1) is 11.0 Å². The Balaban J connectivity index is 1.72. The molecule has 1 N–H and O–H groups in total. The lowest BCUT2D eigenvalue weighted by Gasteiger charge is -2.09. The molecule has 0 aliphatic carbocycles. The number of ketones is 1. The average Bonchev–Trinajstić information content (AvgIpc) is 2.77. The Morgan fingerprint density at radius 1 is 1.35 bits per heavy atom. The number of carbonyl (C=O) groups is 2. The second-order valence-electron chi connectivity index (χ2n) is 4.07. The summed E-state index contributed by atoms with van der Waals surface area (Å²) >= 11 is 1.44. The maximum absolute atomic E-state index is 11.7. The van der Waals surface area contributed by atoms with Crippen LogP contribution in [0.15, 0.2) is 30.3 Å². The van der Waals surface area contributed by atoms with Crippen molar-refractivity contribution in [3.05, 3.63) is 35.9 Å². The van der Waals surface area contributed by atoms with Crippen molar-refractivity contribution in [1.82, 2.24) is 5.32 Å². The lowest BCUT2D eigenvalue weighted by Crippen LogP contribution is -2.33. The zero-order valence-corrected chi connectivity index (χ0v) is 10.3. The second kappa shape index (κ2) is 5.87. The van der Waals surface area contributed by atoms with Gasteiger partial charge in [-0.15, -0.1) is 11.8 Å².